The third-order valence-electron chi connectivity index (χ3n) is 2.94. The molecule has 0 unspecified atom stereocenters. The maximum absolute atomic E-state index is 11.5. The van der Waals surface area contributed by atoms with E-state index in [1.165, 1.54) is 7.11 Å². The van der Waals surface area contributed by atoms with E-state index in [0.717, 1.165) is 5.56 Å². The molecule has 0 aliphatic rings. The van der Waals surface area contributed by atoms with E-state index in [1.807, 2.05) is 6.07 Å². The lowest BCUT2D eigenvalue weighted by Gasteiger charge is -2.02. The standard InChI is InChI=1S/C14H11N3O3/c1-20-14(19)10-5-6-17-12(8-10)15-16-13(17)9-3-2-4-11(18)7-9/h2-8,18H,1H3. The van der Waals surface area contributed by atoms with Gasteiger partial charge in [0.05, 0.1) is 12.7 Å². The Bertz CT molecular complexity index is 795. The summed E-state index contributed by atoms with van der Waals surface area (Å²) in [7, 11) is 1.33. The summed E-state index contributed by atoms with van der Waals surface area (Å²) in [5.41, 5.74) is 1.68. The molecule has 0 spiro atoms. The zero-order chi connectivity index (χ0) is 14.1. The van der Waals surface area contributed by atoms with Crippen LogP contribution >= 0.6 is 0 Å². The summed E-state index contributed by atoms with van der Waals surface area (Å²) in [4.78, 5) is 11.5. The molecule has 0 radical (unpaired) electrons. The summed E-state index contributed by atoms with van der Waals surface area (Å²) in [6.45, 7) is 0. The molecular formula is C14H11N3O3. The van der Waals surface area contributed by atoms with Crippen molar-refractivity contribution >= 4 is 11.6 Å². The van der Waals surface area contributed by atoms with Gasteiger partial charge in [-0.15, -0.1) is 10.2 Å². The third-order valence-corrected chi connectivity index (χ3v) is 2.94. The summed E-state index contributed by atoms with van der Waals surface area (Å²) in [6, 6.07) is 9.98. The van der Waals surface area contributed by atoms with Crippen molar-refractivity contribution in [1.29, 1.82) is 0 Å². The summed E-state index contributed by atoms with van der Waals surface area (Å²) in [5, 5.41) is 17.6. The average molecular weight is 269 g/mol. The van der Waals surface area contributed by atoms with E-state index in [1.54, 1.807) is 40.9 Å². The molecular weight excluding hydrogens is 258 g/mol. The lowest BCUT2D eigenvalue weighted by molar-refractivity contribution is 0.0600. The highest BCUT2D eigenvalue weighted by atomic mass is 16.5. The fourth-order valence-electron chi connectivity index (χ4n) is 1.98. The van der Waals surface area contributed by atoms with E-state index < -0.39 is 5.97 Å². The SMILES string of the molecule is COC(=O)c1ccn2c(-c3cccc(O)c3)nnc2c1. The van der Waals surface area contributed by atoms with Crippen LogP contribution in [0.1, 0.15) is 10.4 Å². The predicted molar refractivity (Wildman–Crippen MR) is 71.4 cm³/mol. The number of ether oxygens (including phenoxy) is 1. The van der Waals surface area contributed by atoms with Crippen LogP contribution in [0.5, 0.6) is 5.75 Å². The molecule has 6 heteroatoms. The van der Waals surface area contributed by atoms with Crippen LogP contribution in [0.15, 0.2) is 42.6 Å². The number of carbonyl (C=O) groups is 1. The first-order chi connectivity index (χ1) is 9.69. The number of benzene rings is 1. The number of fused-ring (bicyclic) bond motifs is 1. The molecule has 1 N–H and O–H groups in total. The van der Waals surface area contributed by atoms with Gasteiger partial charge in [-0.1, -0.05) is 12.1 Å². The zero-order valence-electron chi connectivity index (χ0n) is 10.6. The van der Waals surface area contributed by atoms with E-state index >= 15 is 0 Å². The van der Waals surface area contributed by atoms with Gasteiger partial charge in [-0.05, 0) is 24.3 Å². The van der Waals surface area contributed by atoms with Gasteiger partial charge in [0.2, 0.25) is 0 Å². The van der Waals surface area contributed by atoms with Crippen molar-refractivity contribution < 1.29 is 14.6 Å². The summed E-state index contributed by atoms with van der Waals surface area (Å²) < 4.78 is 6.40. The van der Waals surface area contributed by atoms with Gasteiger partial charge in [-0.25, -0.2) is 4.79 Å². The summed E-state index contributed by atoms with van der Waals surface area (Å²) in [6.07, 6.45) is 1.70. The van der Waals surface area contributed by atoms with Crippen molar-refractivity contribution in [1.82, 2.24) is 14.6 Å². The fourth-order valence-corrected chi connectivity index (χ4v) is 1.98. The molecule has 6 nitrogen and oxygen atoms in total. The lowest BCUT2D eigenvalue weighted by atomic mass is 10.2. The second-order valence-corrected chi connectivity index (χ2v) is 4.21. The Hall–Kier alpha value is -2.89. The molecule has 1 aromatic carbocycles. The van der Waals surface area contributed by atoms with Crippen LogP contribution in [0.4, 0.5) is 0 Å². The monoisotopic (exact) mass is 269 g/mol. The van der Waals surface area contributed by atoms with E-state index in [2.05, 4.69) is 14.9 Å². The minimum absolute atomic E-state index is 0.158. The van der Waals surface area contributed by atoms with Gasteiger partial charge >= 0.3 is 5.97 Å². The second-order valence-electron chi connectivity index (χ2n) is 4.21. The van der Waals surface area contributed by atoms with Crippen molar-refractivity contribution in [3.63, 3.8) is 0 Å². The third kappa shape index (κ3) is 1.97. The molecule has 0 saturated carbocycles. The molecule has 20 heavy (non-hydrogen) atoms. The van der Waals surface area contributed by atoms with Crippen LogP contribution in [0.25, 0.3) is 17.0 Å². The first-order valence-electron chi connectivity index (χ1n) is 5.91. The molecule has 3 aromatic rings. The van der Waals surface area contributed by atoms with Gasteiger partial charge in [0.25, 0.3) is 0 Å². The van der Waals surface area contributed by atoms with Crippen LogP contribution in [-0.2, 0) is 4.74 Å². The van der Waals surface area contributed by atoms with Gasteiger partial charge in [0.1, 0.15) is 5.75 Å². The topological polar surface area (TPSA) is 76.7 Å². The first kappa shape index (κ1) is 12.2. The molecule has 2 aromatic heterocycles. The molecule has 0 aliphatic carbocycles. The van der Waals surface area contributed by atoms with Crippen LogP contribution in [0.2, 0.25) is 0 Å². The molecule has 0 atom stereocenters. The van der Waals surface area contributed by atoms with Crippen molar-refractivity contribution in [2.24, 2.45) is 0 Å². The van der Waals surface area contributed by atoms with Crippen molar-refractivity contribution in [3.05, 3.63) is 48.2 Å². The highest BCUT2D eigenvalue weighted by Crippen LogP contribution is 2.22. The summed E-state index contributed by atoms with van der Waals surface area (Å²) >= 11 is 0. The number of esters is 1. The van der Waals surface area contributed by atoms with E-state index in [4.69, 9.17) is 0 Å². The molecule has 2 heterocycles. The first-order valence-corrected chi connectivity index (χ1v) is 5.91. The number of nitrogens with zero attached hydrogens (tertiary/aromatic N) is 3. The largest absolute Gasteiger partial charge is 0.508 e. The zero-order valence-corrected chi connectivity index (χ0v) is 10.6. The smallest absolute Gasteiger partial charge is 0.338 e. The second kappa shape index (κ2) is 4.65. The number of phenolic OH excluding ortho intramolecular Hbond substituents is 1. The quantitative estimate of drug-likeness (QED) is 0.719. The highest BCUT2D eigenvalue weighted by Gasteiger charge is 2.11. The van der Waals surface area contributed by atoms with Crippen molar-refractivity contribution in [3.8, 4) is 17.1 Å². The number of hydrogen-bond acceptors (Lipinski definition) is 5. The number of pyridine rings is 1. The molecule has 0 aliphatic heterocycles. The Morgan fingerprint density at radius 1 is 1.25 bits per heavy atom. The number of hydrogen-bond donors (Lipinski definition) is 1. The Kier molecular flexibility index (Phi) is 2.83. The molecule has 0 bridgehead atoms. The van der Waals surface area contributed by atoms with E-state index in [-0.39, 0.29) is 5.75 Å². The van der Waals surface area contributed by atoms with Gasteiger partial charge < -0.3 is 9.84 Å². The maximum atomic E-state index is 11.5. The average Bonchev–Trinajstić information content (AvgIpc) is 2.89. The van der Waals surface area contributed by atoms with E-state index in [0.29, 0.717) is 17.0 Å². The van der Waals surface area contributed by atoms with Gasteiger partial charge in [0.15, 0.2) is 11.5 Å². The molecule has 0 amide bonds. The minimum Gasteiger partial charge on any atom is -0.508 e. The maximum Gasteiger partial charge on any atom is 0.338 e. The van der Waals surface area contributed by atoms with Gasteiger partial charge in [-0.3, -0.25) is 4.40 Å². The van der Waals surface area contributed by atoms with Crippen molar-refractivity contribution in [2.45, 2.75) is 0 Å². The highest BCUT2D eigenvalue weighted by molar-refractivity contribution is 5.90. The number of rotatable bonds is 2. The molecule has 0 saturated heterocycles. The number of aromatic nitrogens is 3. The summed E-state index contributed by atoms with van der Waals surface area (Å²) in [5.74, 6) is 0.326. The van der Waals surface area contributed by atoms with Crippen LogP contribution < -0.4 is 0 Å². The Morgan fingerprint density at radius 3 is 2.85 bits per heavy atom. The number of methoxy groups -OCH3 is 1. The van der Waals surface area contributed by atoms with Gasteiger partial charge in [-0.2, -0.15) is 0 Å². The van der Waals surface area contributed by atoms with Crippen LogP contribution in [0.3, 0.4) is 0 Å². The van der Waals surface area contributed by atoms with Gasteiger partial charge in [0, 0.05) is 11.8 Å². The normalized spacial score (nSPS) is 10.7. The molecule has 3 rings (SSSR count). The van der Waals surface area contributed by atoms with Crippen LogP contribution in [-0.4, -0.2) is 32.8 Å². The Morgan fingerprint density at radius 2 is 2.10 bits per heavy atom. The Balaban J connectivity index is 2.13. The lowest BCUT2D eigenvalue weighted by Crippen LogP contribution is -2.02. The van der Waals surface area contributed by atoms with Crippen molar-refractivity contribution in [2.75, 3.05) is 7.11 Å². The number of phenols is 1. The number of carbonyl (C=O) groups excluding carboxylic acids is 1. The van der Waals surface area contributed by atoms with E-state index in [9.17, 15) is 9.90 Å². The number of aromatic hydroxyl groups is 1. The van der Waals surface area contributed by atoms with Crippen LogP contribution in [0, 0.1) is 0 Å². The predicted octanol–water partition coefficient (Wildman–Crippen LogP) is 1.89. The molecule has 100 valence electrons. The molecule has 0 fully saturated rings. The fraction of sp³-hybridized carbons (Fsp3) is 0.0714. The Labute approximate surface area is 114 Å². The minimum atomic E-state index is -0.422.